The molecule has 738 valence electrons. The summed E-state index contributed by atoms with van der Waals surface area (Å²) in [5.74, 6) is 2.27. The molecular weight excluding hydrogens is 1710 g/mol. The molecule has 6 aromatic carbocycles. The summed E-state index contributed by atoms with van der Waals surface area (Å²) in [6.45, 7) is 39.2. The third-order valence-electron chi connectivity index (χ3n) is 28.3. The number of hydrogen-bond acceptors (Lipinski definition) is 24. The molecule has 0 N–H and O–H groups in total. The Hall–Kier alpha value is -8.50. The van der Waals surface area contributed by atoms with Gasteiger partial charge in [-0.2, -0.15) is 5.26 Å². The lowest BCUT2D eigenvalue weighted by Crippen LogP contribution is -2.41. The maximum atomic E-state index is 13.2. The lowest BCUT2D eigenvalue weighted by Gasteiger charge is -2.32. The summed E-state index contributed by atoms with van der Waals surface area (Å²) < 4.78 is 72.1. The van der Waals surface area contributed by atoms with Crippen LogP contribution in [0.3, 0.4) is 0 Å². The minimum atomic E-state index is -2.58. The van der Waals surface area contributed by atoms with E-state index >= 15 is 0 Å². The third-order valence-corrected chi connectivity index (χ3v) is 28.3. The van der Waals surface area contributed by atoms with Crippen molar-refractivity contribution < 1.29 is 70.6 Å². The smallest absolute Gasteiger partial charge is 0.250 e. The largest absolute Gasteiger partial charge is 0.494 e. The van der Waals surface area contributed by atoms with E-state index in [9.17, 15) is 32.8 Å². The Labute approximate surface area is 803 Å². The SMILES string of the molecule is C[C@@H]1CCCN1CCCOc1ccc(C(=O)CN2CCC(C#N)CC2)cc1.C[C@@H]1CCCN1CCCOc1ccc(C(=O)CN2CCC(F)(F)CC2)cc1.C[C@@H]1CCCN1CCCOc1ccc(C(=O)CN2CCOCC2)cc1.C[C@@H]1CCCN1CCCOc1ccc(C(=O)CN2CCO[C@H](c3ccccc3)C2)cc1.C[C@H]1CCCN1CCCOc1ccc(C(=O)CN2CCOCC2)cc1. The van der Waals surface area contributed by atoms with Crippen molar-refractivity contribution in [2.45, 2.75) is 199 Å². The number of nitriles is 1. The van der Waals surface area contributed by atoms with Gasteiger partial charge in [0.2, 0.25) is 0 Å². The number of rotatable bonds is 41. The minimum Gasteiger partial charge on any atom is -0.494 e. The average Bonchev–Trinajstić information content (AvgIpc) is 1.63. The van der Waals surface area contributed by atoms with Crippen LogP contribution in [0.1, 0.15) is 220 Å². The molecule has 16 rings (SSSR count). The minimum absolute atomic E-state index is 0.0297. The summed E-state index contributed by atoms with van der Waals surface area (Å²) in [6.07, 6.45) is 19.7. The number of halogens is 2. The van der Waals surface area contributed by atoms with Crippen LogP contribution in [-0.4, -0.2) is 344 Å². The summed E-state index contributed by atoms with van der Waals surface area (Å²) in [5, 5.41) is 8.96. The van der Waals surface area contributed by atoms with E-state index in [0.29, 0.717) is 76.3 Å². The summed E-state index contributed by atoms with van der Waals surface area (Å²) in [4.78, 5) is 85.4. The molecule has 0 radical (unpaired) electrons. The van der Waals surface area contributed by atoms with Gasteiger partial charge in [-0.25, -0.2) is 8.78 Å². The molecule has 10 fully saturated rings. The number of alkyl halides is 2. The van der Waals surface area contributed by atoms with E-state index in [1.54, 1.807) is 12.1 Å². The van der Waals surface area contributed by atoms with Crippen molar-refractivity contribution >= 4 is 28.9 Å². The number of carbonyl (C=O) groups is 5. The molecule has 10 aliphatic rings. The number of Topliss-reactive ketones (excluding diaryl/α,β-unsaturated/α-hetero) is 5. The van der Waals surface area contributed by atoms with Crippen LogP contribution in [0.15, 0.2) is 152 Å². The van der Waals surface area contributed by atoms with Crippen LogP contribution in [0.25, 0.3) is 0 Å². The van der Waals surface area contributed by atoms with Crippen molar-refractivity contribution in [1.82, 2.24) is 49.0 Å². The van der Waals surface area contributed by atoms with E-state index in [-0.39, 0.29) is 73.4 Å². The van der Waals surface area contributed by atoms with Gasteiger partial charge in [0.25, 0.3) is 5.92 Å². The Bertz CT molecular complexity index is 4370. The number of likely N-dealkylation sites (tertiary alicyclic amines) is 7. The van der Waals surface area contributed by atoms with Gasteiger partial charge >= 0.3 is 0 Å². The Morgan fingerprint density at radius 1 is 0.333 bits per heavy atom. The van der Waals surface area contributed by atoms with E-state index in [4.69, 9.17) is 43.2 Å². The predicted octanol–water partition coefficient (Wildman–Crippen LogP) is 16.3. The fourth-order valence-corrected chi connectivity index (χ4v) is 19.6. The fraction of sp³-hybridized carbons (Fsp3) is 0.615. The Morgan fingerprint density at radius 3 is 0.859 bits per heavy atom. The summed E-state index contributed by atoms with van der Waals surface area (Å²) in [5.41, 5.74) is 4.75. The van der Waals surface area contributed by atoms with Crippen LogP contribution >= 0.6 is 0 Å². The molecule has 0 unspecified atom stereocenters. The molecule has 135 heavy (non-hydrogen) atoms. The fourth-order valence-electron chi connectivity index (χ4n) is 19.6. The van der Waals surface area contributed by atoms with E-state index in [1.807, 2.05) is 132 Å². The first-order valence-corrected chi connectivity index (χ1v) is 50.9. The first-order chi connectivity index (χ1) is 65.7. The molecule has 10 saturated heterocycles. The van der Waals surface area contributed by atoms with Crippen LogP contribution in [0.5, 0.6) is 28.7 Å². The van der Waals surface area contributed by atoms with E-state index in [2.05, 4.69) is 96.9 Å². The van der Waals surface area contributed by atoms with Gasteiger partial charge in [-0.3, -0.25) is 48.5 Å². The monoisotopic (exact) mass is 1860 g/mol. The molecule has 0 bridgehead atoms. The third kappa shape index (κ3) is 36.7. The number of nitrogens with zero attached hydrogens (tertiary/aromatic N) is 11. The number of carbonyl (C=O) groups excluding carboxylic acids is 5. The lowest BCUT2D eigenvalue weighted by atomic mass is 9.98. The van der Waals surface area contributed by atoms with Gasteiger partial charge in [0.15, 0.2) is 28.9 Å². The molecule has 10 heterocycles. The van der Waals surface area contributed by atoms with Crippen molar-refractivity contribution in [2.75, 3.05) is 230 Å². The highest BCUT2D eigenvalue weighted by Crippen LogP contribution is 2.31. The maximum absolute atomic E-state index is 13.2. The highest BCUT2D eigenvalue weighted by Gasteiger charge is 2.35. The molecular formula is C109H155F2N11O13. The van der Waals surface area contributed by atoms with Crippen molar-refractivity contribution in [3.05, 3.63) is 185 Å². The Balaban J connectivity index is 0.000000152. The molecule has 0 spiro atoms. The van der Waals surface area contributed by atoms with E-state index in [1.165, 1.54) is 102 Å². The topological polar surface area (TPSA) is 215 Å². The second-order valence-electron chi connectivity index (χ2n) is 38.5. The van der Waals surface area contributed by atoms with Crippen molar-refractivity contribution in [2.24, 2.45) is 5.92 Å². The summed E-state index contributed by atoms with van der Waals surface area (Å²) >= 11 is 0. The van der Waals surface area contributed by atoms with Gasteiger partial charge in [-0.1, -0.05) is 30.3 Å². The van der Waals surface area contributed by atoms with Crippen molar-refractivity contribution in [1.29, 1.82) is 5.26 Å². The maximum Gasteiger partial charge on any atom is 0.250 e. The zero-order valence-corrected chi connectivity index (χ0v) is 81.6. The van der Waals surface area contributed by atoms with Gasteiger partial charge in [-0.05, 0) is 316 Å². The average molecular weight is 1870 g/mol. The van der Waals surface area contributed by atoms with Crippen LogP contribution < -0.4 is 23.7 Å². The Kier molecular flexibility index (Phi) is 44.6. The van der Waals surface area contributed by atoms with Gasteiger partial charge in [-0.15, -0.1) is 0 Å². The summed E-state index contributed by atoms with van der Waals surface area (Å²) in [7, 11) is 0. The van der Waals surface area contributed by atoms with Crippen molar-refractivity contribution in [3.8, 4) is 34.8 Å². The summed E-state index contributed by atoms with van der Waals surface area (Å²) in [6, 6.07) is 53.5. The Morgan fingerprint density at radius 2 is 0.593 bits per heavy atom. The number of ether oxygens (including phenoxy) is 8. The highest BCUT2D eigenvalue weighted by atomic mass is 19.3. The molecule has 0 saturated carbocycles. The van der Waals surface area contributed by atoms with Gasteiger partial charge < -0.3 is 62.4 Å². The van der Waals surface area contributed by atoms with Crippen LogP contribution in [0.4, 0.5) is 8.78 Å². The predicted molar refractivity (Wildman–Crippen MR) is 527 cm³/mol. The normalized spacial score (nSPS) is 22.4. The van der Waals surface area contributed by atoms with E-state index in [0.717, 1.165) is 233 Å². The number of morpholine rings is 3. The molecule has 0 aliphatic carbocycles. The second kappa shape index (κ2) is 57.1. The molecule has 0 amide bonds. The number of piperidine rings is 2. The quantitative estimate of drug-likeness (QED) is 0.0257. The number of benzene rings is 6. The second-order valence-corrected chi connectivity index (χ2v) is 38.5. The van der Waals surface area contributed by atoms with Crippen LogP contribution in [-0.2, 0) is 14.2 Å². The van der Waals surface area contributed by atoms with Gasteiger partial charge in [0, 0.05) is 162 Å². The number of hydrogen-bond donors (Lipinski definition) is 0. The van der Waals surface area contributed by atoms with Crippen LogP contribution in [0.2, 0.25) is 0 Å². The lowest BCUT2D eigenvalue weighted by molar-refractivity contribution is -0.0537. The molecule has 24 nitrogen and oxygen atoms in total. The van der Waals surface area contributed by atoms with Crippen LogP contribution in [0, 0.1) is 17.2 Å². The zero-order chi connectivity index (χ0) is 94.8. The van der Waals surface area contributed by atoms with E-state index < -0.39 is 5.92 Å². The molecule has 6 atom stereocenters. The first kappa shape index (κ1) is 105. The van der Waals surface area contributed by atoms with Gasteiger partial charge in [0.05, 0.1) is 111 Å². The molecule has 10 aliphatic heterocycles. The number of ketones is 5. The zero-order valence-electron chi connectivity index (χ0n) is 81.6. The first-order valence-electron chi connectivity index (χ1n) is 50.9. The standard InChI is InChI=1S/C26H34N2O3.C22H31N3O2.C21H30F2N2O2.2C20H30N2O3/c1-21-7-5-14-28(21)15-6-17-30-24-12-10-22(11-13-24)25(29)19-27-16-18-31-26(20-27)23-8-3-2-4-9-23;1-18-4-2-11-25(18)12-3-15-27-21-7-5-20(6-8-21)22(26)17-24-13-9-19(16-23)10-14-24;1-17-4-2-11-25(17)12-3-15-27-19-7-5-18(6-8-19)20(26)16-24-13-9-21(22,23)10-14-24;2*1-17-4-2-9-22(17)10-3-13-25-19-7-5-18(6-8-19)20(23)16-21-11-14-24-15-12-21/h2-4,8-13,21,26H,5-7,14-20H2,1H3;5-8,18-19H,2-4,9-15,17H2,1H3;5-8,17H,2-4,9-16H2,1H3;2*5-8,17H,2-4,9-16H2,1H3/t21-,26+;18-;3*17-/m11110/s1. The molecule has 26 heteroatoms. The molecule has 6 aromatic rings. The molecule has 0 aromatic heterocycles. The highest BCUT2D eigenvalue weighted by molar-refractivity contribution is 6.00. The van der Waals surface area contributed by atoms with Crippen molar-refractivity contribution in [3.63, 3.8) is 0 Å². The van der Waals surface area contributed by atoms with Gasteiger partial charge in [0.1, 0.15) is 28.7 Å².